The number of hydrogen-bond acceptors (Lipinski definition) is 3. The Kier molecular flexibility index (Phi) is 5.06. The first-order valence-corrected chi connectivity index (χ1v) is 8.90. The number of nitrogens with two attached hydrogens (primary N) is 1. The predicted octanol–water partition coefficient (Wildman–Crippen LogP) is 2.08. The molecule has 0 spiro atoms. The highest BCUT2D eigenvalue weighted by atomic mass is 79.9. The summed E-state index contributed by atoms with van der Waals surface area (Å²) in [5.74, 6) is 0.437. The summed E-state index contributed by atoms with van der Waals surface area (Å²) in [5.41, 5.74) is 7.21. The van der Waals surface area contributed by atoms with E-state index < -0.39 is 10.2 Å². The summed E-state index contributed by atoms with van der Waals surface area (Å²) in [6, 6.07) is 5.58. The first kappa shape index (κ1) is 15.8. The largest absolute Gasteiger partial charge is 0.330 e. The van der Waals surface area contributed by atoms with Crippen LogP contribution in [0.15, 0.2) is 22.7 Å². The number of halogens is 1. The smallest absolute Gasteiger partial charge is 0.301 e. The van der Waals surface area contributed by atoms with Crippen LogP contribution in [0, 0.1) is 12.8 Å². The molecule has 0 unspecified atom stereocenters. The molecule has 7 heteroatoms. The lowest BCUT2D eigenvalue weighted by molar-refractivity contribution is 0.280. The van der Waals surface area contributed by atoms with Crippen LogP contribution in [0.2, 0.25) is 0 Å². The molecule has 0 bridgehead atoms. The van der Waals surface area contributed by atoms with Gasteiger partial charge < -0.3 is 5.73 Å². The number of anilines is 1. The summed E-state index contributed by atoms with van der Waals surface area (Å²) < 4.78 is 29.6. The zero-order valence-electron chi connectivity index (χ0n) is 11.5. The zero-order chi connectivity index (χ0) is 14.8. The molecule has 2 rings (SSSR count). The van der Waals surface area contributed by atoms with E-state index in [2.05, 4.69) is 20.7 Å². The molecule has 0 amide bonds. The number of nitrogens with zero attached hydrogens (tertiary/aromatic N) is 1. The lowest BCUT2D eigenvalue weighted by Gasteiger charge is -2.30. The second kappa shape index (κ2) is 6.43. The predicted molar refractivity (Wildman–Crippen MR) is 84.8 cm³/mol. The van der Waals surface area contributed by atoms with Crippen molar-refractivity contribution in [3.05, 3.63) is 28.2 Å². The van der Waals surface area contributed by atoms with Gasteiger partial charge in [-0.25, -0.2) is 0 Å². The van der Waals surface area contributed by atoms with Gasteiger partial charge in [0.2, 0.25) is 0 Å². The maximum Gasteiger partial charge on any atom is 0.301 e. The lowest BCUT2D eigenvalue weighted by Crippen LogP contribution is -2.42. The minimum Gasteiger partial charge on any atom is -0.330 e. The molecule has 5 nitrogen and oxygen atoms in total. The second-order valence-corrected chi connectivity index (χ2v) is 7.69. The standard InChI is InChI=1S/C13H20BrN3O2S/c1-10-2-3-12(14)13(8-10)16-20(18,19)17-6-4-11(9-15)5-7-17/h2-3,8,11,16H,4-7,9,15H2,1H3. The fraction of sp³-hybridized carbons (Fsp3) is 0.538. The third-order valence-electron chi connectivity index (χ3n) is 3.61. The van der Waals surface area contributed by atoms with Crippen molar-refractivity contribution in [1.82, 2.24) is 4.31 Å². The van der Waals surface area contributed by atoms with Gasteiger partial charge in [-0.2, -0.15) is 12.7 Å². The van der Waals surface area contributed by atoms with E-state index in [1.165, 1.54) is 4.31 Å². The monoisotopic (exact) mass is 361 g/mol. The fourth-order valence-electron chi connectivity index (χ4n) is 2.31. The van der Waals surface area contributed by atoms with Crippen LogP contribution in [-0.4, -0.2) is 32.4 Å². The van der Waals surface area contributed by atoms with Crippen molar-refractivity contribution in [3.63, 3.8) is 0 Å². The van der Waals surface area contributed by atoms with Gasteiger partial charge in [-0.3, -0.25) is 4.72 Å². The number of benzene rings is 1. The van der Waals surface area contributed by atoms with E-state index in [1.807, 2.05) is 25.1 Å². The molecule has 1 aliphatic heterocycles. The summed E-state index contributed by atoms with van der Waals surface area (Å²) in [6.45, 7) is 3.61. The quantitative estimate of drug-likeness (QED) is 0.861. The maximum atomic E-state index is 12.4. The number of hydrogen-bond donors (Lipinski definition) is 2. The summed E-state index contributed by atoms with van der Waals surface area (Å²) >= 11 is 3.37. The Bertz CT molecular complexity index is 569. The van der Waals surface area contributed by atoms with Crippen molar-refractivity contribution in [1.29, 1.82) is 0 Å². The van der Waals surface area contributed by atoms with Crippen LogP contribution in [0.1, 0.15) is 18.4 Å². The first-order valence-electron chi connectivity index (χ1n) is 6.66. The average molecular weight is 362 g/mol. The highest BCUT2D eigenvalue weighted by molar-refractivity contribution is 9.10. The van der Waals surface area contributed by atoms with Crippen LogP contribution >= 0.6 is 15.9 Å². The summed E-state index contributed by atoms with van der Waals surface area (Å²) in [7, 11) is -3.49. The van der Waals surface area contributed by atoms with E-state index in [4.69, 9.17) is 5.73 Å². The Labute approximate surface area is 128 Å². The molecule has 1 aromatic rings. The van der Waals surface area contributed by atoms with Gasteiger partial charge in [0.15, 0.2) is 0 Å². The van der Waals surface area contributed by atoms with E-state index in [9.17, 15) is 8.42 Å². The van der Waals surface area contributed by atoms with Crippen molar-refractivity contribution >= 4 is 31.8 Å². The first-order chi connectivity index (χ1) is 9.42. The Hall–Kier alpha value is -0.630. The van der Waals surface area contributed by atoms with Gasteiger partial charge in [0.1, 0.15) is 0 Å². The molecule has 0 saturated carbocycles. The number of nitrogens with one attached hydrogen (secondary N) is 1. The Morgan fingerprint density at radius 3 is 2.65 bits per heavy atom. The molecule has 0 atom stereocenters. The Morgan fingerprint density at radius 1 is 1.40 bits per heavy atom. The molecular weight excluding hydrogens is 342 g/mol. The average Bonchev–Trinajstić information content (AvgIpc) is 2.43. The molecule has 1 saturated heterocycles. The van der Waals surface area contributed by atoms with E-state index in [-0.39, 0.29) is 0 Å². The van der Waals surface area contributed by atoms with Gasteiger partial charge in [0.05, 0.1) is 5.69 Å². The van der Waals surface area contributed by atoms with E-state index in [0.717, 1.165) is 22.9 Å². The number of piperidine rings is 1. The van der Waals surface area contributed by atoms with E-state index in [1.54, 1.807) is 0 Å². The molecular formula is C13H20BrN3O2S. The summed E-state index contributed by atoms with van der Waals surface area (Å²) in [6.07, 6.45) is 1.65. The van der Waals surface area contributed by atoms with Crippen LogP contribution in [-0.2, 0) is 10.2 Å². The topological polar surface area (TPSA) is 75.4 Å². The minimum atomic E-state index is -3.49. The van der Waals surface area contributed by atoms with Gasteiger partial charge in [0.25, 0.3) is 0 Å². The molecule has 112 valence electrons. The van der Waals surface area contributed by atoms with Crippen LogP contribution in [0.25, 0.3) is 0 Å². The van der Waals surface area contributed by atoms with Gasteiger partial charge in [-0.05, 0) is 65.9 Å². The Balaban J connectivity index is 2.10. The molecule has 0 aliphatic carbocycles. The van der Waals surface area contributed by atoms with E-state index in [0.29, 0.717) is 31.2 Å². The van der Waals surface area contributed by atoms with Gasteiger partial charge in [-0.1, -0.05) is 6.07 Å². The van der Waals surface area contributed by atoms with Crippen molar-refractivity contribution in [2.75, 3.05) is 24.4 Å². The van der Waals surface area contributed by atoms with Gasteiger partial charge in [0, 0.05) is 17.6 Å². The molecule has 0 radical (unpaired) electrons. The van der Waals surface area contributed by atoms with Crippen LogP contribution in [0.3, 0.4) is 0 Å². The third-order valence-corrected chi connectivity index (χ3v) is 5.82. The van der Waals surface area contributed by atoms with Gasteiger partial charge in [-0.15, -0.1) is 0 Å². The molecule has 1 heterocycles. The molecule has 1 aromatic carbocycles. The highest BCUT2D eigenvalue weighted by Crippen LogP contribution is 2.26. The summed E-state index contributed by atoms with van der Waals surface area (Å²) in [4.78, 5) is 0. The highest BCUT2D eigenvalue weighted by Gasteiger charge is 2.27. The Morgan fingerprint density at radius 2 is 2.05 bits per heavy atom. The fourth-order valence-corrected chi connectivity index (χ4v) is 4.05. The number of aryl methyl sites for hydroxylation is 1. The molecule has 0 aromatic heterocycles. The molecule has 1 aliphatic rings. The van der Waals surface area contributed by atoms with E-state index >= 15 is 0 Å². The molecule has 3 N–H and O–H groups in total. The SMILES string of the molecule is Cc1ccc(Br)c(NS(=O)(=O)N2CCC(CN)CC2)c1. The van der Waals surface area contributed by atoms with Crippen LogP contribution < -0.4 is 10.5 Å². The third kappa shape index (κ3) is 3.72. The van der Waals surface area contributed by atoms with Crippen molar-refractivity contribution in [3.8, 4) is 0 Å². The van der Waals surface area contributed by atoms with Crippen LogP contribution in [0.5, 0.6) is 0 Å². The maximum absolute atomic E-state index is 12.4. The second-order valence-electron chi connectivity index (χ2n) is 5.17. The van der Waals surface area contributed by atoms with Gasteiger partial charge >= 0.3 is 10.2 Å². The van der Waals surface area contributed by atoms with Crippen molar-refractivity contribution < 1.29 is 8.42 Å². The summed E-state index contributed by atoms with van der Waals surface area (Å²) in [5, 5.41) is 0. The van der Waals surface area contributed by atoms with Crippen molar-refractivity contribution in [2.45, 2.75) is 19.8 Å². The molecule has 20 heavy (non-hydrogen) atoms. The normalized spacial score (nSPS) is 18.1. The number of rotatable bonds is 4. The molecule has 1 fully saturated rings. The van der Waals surface area contributed by atoms with Crippen LogP contribution in [0.4, 0.5) is 5.69 Å². The van der Waals surface area contributed by atoms with Crippen molar-refractivity contribution in [2.24, 2.45) is 11.7 Å². The lowest BCUT2D eigenvalue weighted by atomic mass is 9.99. The minimum absolute atomic E-state index is 0.437. The zero-order valence-corrected chi connectivity index (χ0v) is 13.9.